The summed E-state index contributed by atoms with van der Waals surface area (Å²) >= 11 is 0. The van der Waals surface area contributed by atoms with Gasteiger partial charge in [0.1, 0.15) is 5.52 Å². The molecule has 0 aliphatic rings. The Bertz CT molecular complexity index is 1450. The van der Waals surface area contributed by atoms with Gasteiger partial charge >= 0.3 is 0 Å². The standard InChI is InChI=1S/C29H22N2O2/c1-20-6-5-9-24(18-20)29-31-26-16-15-25(19-27(26)33-29)30-28(32)17-12-21-10-13-23(14-11-21)22-7-3-2-4-8-22/h2-19H,1H3,(H,30,32)/b17-12+. The molecule has 5 rings (SSSR count). The highest BCUT2D eigenvalue weighted by atomic mass is 16.3. The van der Waals surface area contributed by atoms with E-state index in [4.69, 9.17) is 4.42 Å². The number of hydrogen-bond donors (Lipinski definition) is 1. The van der Waals surface area contributed by atoms with E-state index in [0.29, 0.717) is 17.2 Å². The van der Waals surface area contributed by atoms with Crippen LogP contribution in [0, 0.1) is 6.92 Å². The average Bonchev–Trinajstić information content (AvgIpc) is 3.27. The van der Waals surface area contributed by atoms with Crippen molar-refractivity contribution in [1.29, 1.82) is 0 Å². The summed E-state index contributed by atoms with van der Waals surface area (Å²) in [5, 5.41) is 2.89. The molecule has 4 heteroatoms. The van der Waals surface area contributed by atoms with Crippen molar-refractivity contribution >= 4 is 28.8 Å². The number of aryl methyl sites for hydroxylation is 1. The second-order valence-electron chi connectivity index (χ2n) is 7.88. The van der Waals surface area contributed by atoms with E-state index in [-0.39, 0.29) is 5.91 Å². The Morgan fingerprint density at radius 3 is 2.36 bits per heavy atom. The molecular formula is C29H22N2O2. The van der Waals surface area contributed by atoms with Crippen LogP contribution in [0.2, 0.25) is 0 Å². The average molecular weight is 431 g/mol. The van der Waals surface area contributed by atoms with Gasteiger partial charge in [0, 0.05) is 23.4 Å². The van der Waals surface area contributed by atoms with Gasteiger partial charge in [0.15, 0.2) is 5.58 Å². The molecule has 0 radical (unpaired) electrons. The largest absolute Gasteiger partial charge is 0.436 e. The van der Waals surface area contributed by atoms with Crippen LogP contribution in [0.5, 0.6) is 0 Å². The number of carbonyl (C=O) groups excluding carboxylic acids is 1. The highest BCUT2D eigenvalue weighted by Crippen LogP contribution is 2.27. The maximum atomic E-state index is 12.4. The highest BCUT2D eigenvalue weighted by molar-refractivity contribution is 6.02. The lowest BCUT2D eigenvalue weighted by Gasteiger charge is -2.03. The van der Waals surface area contributed by atoms with Crippen molar-refractivity contribution in [3.05, 3.63) is 114 Å². The smallest absolute Gasteiger partial charge is 0.248 e. The Morgan fingerprint density at radius 1 is 0.818 bits per heavy atom. The molecule has 0 saturated heterocycles. The number of aromatic nitrogens is 1. The van der Waals surface area contributed by atoms with E-state index in [1.807, 2.05) is 73.7 Å². The van der Waals surface area contributed by atoms with Gasteiger partial charge in [0.05, 0.1) is 0 Å². The molecule has 1 aromatic heterocycles. The number of amides is 1. The zero-order valence-electron chi connectivity index (χ0n) is 18.2. The van der Waals surface area contributed by atoms with E-state index in [1.54, 1.807) is 12.1 Å². The molecule has 1 heterocycles. The molecule has 5 aromatic rings. The molecule has 4 aromatic carbocycles. The third-order valence-corrected chi connectivity index (χ3v) is 5.37. The first kappa shape index (κ1) is 20.5. The maximum Gasteiger partial charge on any atom is 0.248 e. The predicted octanol–water partition coefficient (Wildman–Crippen LogP) is 7.12. The first-order chi connectivity index (χ1) is 16.1. The quantitative estimate of drug-likeness (QED) is 0.302. The first-order valence-electron chi connectivity index (χ1n) is 10.8. The topological polar surface area (TPSA) is 55.1 Å². The zero-order chi connectivity index (χ0) is 22.6. The van der Waals surface area contributed by atoms with Crippen LogP contribution in [0.3, 0.4) is 0 Å². The van der Waals surface area contributed by atoms with Crippen LogP contribution in [0.4, 0.5) is 5.69 Å². The number of carbonyl (C=O) groups is 1. The summed E-state index contributed by atoms with van der Waals surface area (Å²) in [7, 11) is 0. The molecule has 0 aliphatic carbocycles. The Labute approximate surface area is 192 Å². The minimum atomic E-state index is -0.208. The number of nitrogens with zero attached hydrogens (tertiary/aromatic N) is 1. The van der Waals surface area contributed by atoms with Crippen molar-refractivity contribution in [2.45, 2.75) is 6.92 Å². The Morgan fingerprint density at radius 2 is 1.58 bits per heavy atom. The van der Waals surface area contributed by atoms with Gasteiger partial charge in [-0.3, -0.25) is 4.79 Å². The normalized spacial score (nSPS) is 11.2. The van der Waals surface area contributed by atoms with Crippen LogP contribution < -0.4 is 5.32 Å². The molecule has 0 bridgehead atoms. The molecule has 0 saturated carbocycles. The maximum absolute atomic E-state index is 12.4. The zero-order valence-corrected chi connectivity index (χ0v) is 18.2. The number of anilines is 1. The van der Waals surface area contributed by atoms with Crippen LogP contribution in [0.25, 0.3) is 39.8 Å². The van der Waals surface area contributed by atoms with Crippen LogP contribution in [0.15, 0.2) is 108 Å². The van der Waals surface area contributed by atoms with Crippen LogP contribution in [0.1, 0.15) is 11.1 Å². The lowest BCUT2D eigenvalue weighted by molar-refractivity contribution is -0.111. The molecule has 0 atom stereocenters. The van der Waals surface area contributed by atoms with E-state index in [0.717, 1.165) is 27.8 Å². The number of oxazole rings is 1. The molecule has 0 fully saturated rings. The summed E-state index contributed by atoms with van der Waals surface area (Å²) in [4.78, 5) is 17.0. The number of fused-ring (bicyclic) bond motifs is 1. The second-order valence-corrected chi connectivity index (χ2v) is 7.88. The summed E-state index contributed by atoms with van der Waals surface area (Å²) in [6.07, 6.45) is 3.33. The van der Waals surface area contributed by atoms with Crippen molar-refractivity contribution < 1.29 is 9.21 Å². The number of benzene rings is 4. The van der Waals surface area contributed by atoms with Gasteiger partial charge in [0.25, 0.3) is 0 Å². The van der Waals surface area contributed by atoms with Crippen molar-refractivity contribution in [2.24, 2.45) is 0 Å². The summed E-state index contributed by atoms with van der Waals surface area (Å²) in [6.45, 7) is 2.03. The van der Waals surface area contributed by atoms with E-state index >= 15 is 0 Å². The Kier molecular flexibility index (Phi) is 5.56. The van der Waals surface area contributed by atoms with Gasteiger partial charge in [-0.2, -0.15) is 0 Å². The molecule has 0 aliphatic heterocycles. The minimum absolute atomic E-state index is 0.208. The van der Waals surface area contributed by atoms with Crippen LogP contribution >= 0.6 is 0 Å². The fraction of sp³-hybridized carbons (Fsp3) is 0.0345. The third-order valence-electron chi connectivity index (χ3n) is 5.37. The number of nitrogens with one attached hydrogen (secondary N) is 1. The van der Waals surface area contributed by atoms with E-state index < -0.39 is 0 Å². The summed E-state index contributed by atoms with van der Waals surface area (Å²) in [5.41, 5.74) is 7.37. The SMILES string of the molecule is Cc1cccc(-c2nc3ccc(NC(=O)/C=C/c4ccc(-c5ccccc5)cc4)cc3o2)c1. The Balaban J connectivity index is 1.27. The second kappa shape index (κ2) is 8.97. The summed E-state index contributed by atoms with van der Waals surface area (Å²) in [5.74, 6) is 0.357. The van der Waals surface area contributed by atoms with Gasteiger partial charge in [0.2, 0.25) is 11.8 Å². The third kappa shape index (κ3) is 4.75. The van der Waals surface area contributed by atoms with Crippen molar-refractivity contribution in [3.63, 3.8) is 0 Å². The number of hydrogen-bond acceptors (Lipinski definition) is 3. The fourth-order valence-electron chi connectivity index (χ4n) is 3.68. The molecule has 4 nitrogen and oxygen atoms in total. The summed E-state index contributed by atoms with van der Waals surface area (Å²) < 4.78 is 5.93. The van der Waals surface area contributed by atoms with E-state index in [1.165, 1.54) is 11.6 Å². The summed E-state index contributed by atoms with van der Waals surface area (Å²) in [6, 6.07) is 31.8. The minimum Gasteiger partial charge on any atom is -0.436 e. The van der Waals surface area contributed by atoms with Crippen molar-refractivity contribution in [2.75, 3.05) is 5.32 Å². The molecule has 0 unspecified atom stereocenters. The van der Waals surface area contributed by atoms with Crippen LogP contribution in [-0.4, -0.2) is 10.9 Å². The Hall–Kier alpha value is -4.44. The molecular weight excluding hydrogens is 408 g/mol. The fourth-order valence-corrected chi connectivity index (χ4v) is 3.68. The van der Waals surface area contributed by atoms with Crippen molar-refractivity contribution in [1.82, 2.24) is 4.98 Å². The highest BCUT2D eigenvalue weighted by Gasteiger charge is 2.09. The van der Waals surface area contributed by atoms with Gasteiger partial charge in [-0.15, -0.1) is 0 Å². The van der Waals surface area contributed by atoms with Gasteiger partial charge in [-0.05, 0) is 54.0 Å². The first-order valence-corrected chi connectivity index (χ1v) is 10.8. The lowest BCUT2D eigenvalue weighted by atomic mass is 10.0. The molecule has 1 N–H and O–H groups in total. The lowest BCUT2D eigenvalue weighted by Crippen LogP contribution is -2.07. The number of rotatable bonds is 5. The molecule has 1 amide bonds. The molecule has 0 spiro atoms. The van der Waals surface area contributed by atoms with E-state index in [2.05, 4.69) is 34.6 Å². The van der Waals surface area contributed by atoms with Gasteiger partial charge in [-0.25, -0.2) is 4.98 Å². The van der Waals surface area contributed by atoms with E-state index in [9.17, 15) is 4.79 Å². The van der Waals surface area contributed by atoms with Gasteiger partial charge < -0.3 is 9.73 Å². The van der Waals surface area contributed by atoms with Crippen LogP contribution in [-0.2, 0) is 4.79 Å². The van der Waals surface area contributed by atoms with Gasteiger partial charge in [-0.1, -0.05) is 72.3 Å². The molecule has 160 valence electrons. The monoisotopic (exact) mass is 430 g/mol. The predicted molar refractivity (Wildman–Crippen MR) is 134 cm³/mol. The molecule has 33 heavy (non-hydrogen) atoms. The van der Waals surface area contributed by atoms with Crippen molar-refractivity contribution in [3.8, 4) is 22.6 Å².